The standard InChI is InChI=1S/C23H36ClFSi/c1-3-14-26(2)15-12-21(13-16-26)20-9-6-18(7-10-20)4-5-19-8-11-22(24)23(25)17-19/h8,11,17-18,20-21H,3-7,9-10,12-16H2,1-2H3. The molecule has 1 saturated heterocycles. The van der Waals surface area contributed by atoms with Gasteiger partial charge >= 0.3 is 0 Å². The van der Waals surface area contributed by atoms with E-state index in [2.05, 4.69) is 13.5 Å². The van der Waals surface area contributed by atoms with Crippen LogP contribution in [0.3, 0.4) is 0 Å². The van der Waals surface area contributed by atoms with Crippen molar-refractivity contribution in [2.75, 3.05) is 0 Å². The third kappa shape index (κ3) is 5.35. The van der Waals surface area contributed by atoms with Crippen LogP contribution in [0.5, 0.6) is 0 Å². The Hall–Kier alpha value is -0.343. The van der Waals surface area contributed by atoms with Crippen molar-refractivity contribution in [3.05, 3.63) is 34.6 Å². The summed E-state index contributed by atoms with van der Waals surface area (Å²) in [5.74, 6) is 2.59. The van der Waals surface area contributed by atoms with Crippen molar-refractivity contribution in [3.8, 4) is 0 Å². The lowest BCUT2D eigenvalue weighted by molar-refractivity contribution is 0.185. The molecule has 2 fully saturated rings. The minimum absolute atomic E-state index is 0.236. The van der Waals surface area contributed by atoms with Gasteiger partial charge in [-0.15, -0.1) is 0 Å². The zero-order valence-electron chi connectivity index (χ0n) is 16.7. The Balaban J connectivity index is 1.40. The van der Waals surface area contributed by atoms with Crippen molar-refractivity contribution >= 4 is 19.7 Å². The van der Waals surface area contributed by atoms with Crippen molar-refractivity contribution in [1.29, 1.82) is 0 Å². The molecule has 2 aliphatic rings. The van der Waals surface area contributed by atoms with Crippen LogP contribution in [0, 0.1) is 23.6 Å². The minimum Gasteiger partial charge on any atom is -0.205 e. The molecule has 1 aliphatic carbocycles. The molecule has 0 spiro atoms. The molecule has 1 heterocycles. The maximum Gasteiger partial charge on any atom is 0.142 e. The SMILES string of the molecule is CCC[Si]1(C)CCC(C2CCC(CCc3ccc(Cl)c(F)c3)CC2)CC1. The van der Waals surface area contributed by atoms with Gasteiger partial charge in [-0.1, -0.05) is 81.4 Å². The summed E-state index contributed by atoms with van der Waals surface area (Å²) in [6, 6.07) is 10.0. The number of hydrogen-bond donors (Lipinski definition) is 0. The Morgan fingerprint density at radius 1 is 1.04 bits per heavy atom. The van der Waals surface area contributed by atoms with Gasteiger partial charge in [-0.05, 0) is 61.1 Å². The van der Waals surface area contributed by atoms with Gasteiger partial charge in [-0.3, -0.25) is 0 Å². The van der Waals surface area contributed by atoms with Gasteiger partial charge in [0.2, 0.25) is 0 Å². The quantitative estimate of drug-likeness (QED) is 0.427. The lowest BCUT2D eigenvalue weighted by atomic mass is 9.73. The molecule has 0 amide bonds. The van der Waals surface area contributed by atoms with Crippen LogP contribution in [-0.4, -0.2) is 8.07 Å². The van der Waals surface area contributed by atoms with Crippen molar-refractivity contribution in [3.63, 3.8) is 0 Å². The topological polar surface area (TPSA) is 0 Å². The molecule has 3 heteroatoms. The predicted molar refractivity (Wildman–Crippen MR) is 114 cm³/mol. The highest BCUT2D eigenvalue weighted by molar-refractivity contribution is 6.78. The lowest BCUT2D eigenvalue weighted by Gasteiger charge is -2.41. The smallest absolute Gasteiger partial charge is 0.142 e. The monoisotopic (exact) mass is 394 g/mol. The first-order chi connectivity index (χ1) is 12.5. The van der Waals surface area contributed by atoms with Crippen LogP contribution in [0.1, 0.15) is 63.9 Å². The molecule has 0 unspecified atom stereocenters. The van der Waals surface area contributed by atoms with E-state index in [0.29, 0.717) is 0 Å². The molecule has 0 aromatic heterocycles. The number of aryl methyl sites for hydroxylation is 1. The zero-order chi connectivity index (χ0) is 18.6. The fourth-order valence-electron chi connectivity index (χ4n) is 5.68. The minimum atomic E-state index is -0.854. The molecule has 1 aromatic rings. The highest BCUT2D eigenvalue weighted by Gasteiger charge is 2.36. The number of hydrogen-bond acceptors (Lipinski definition) is 0. The maximum absolute atomic E-state index is 13.6. The molecule has 0 nitrogen and oxygen atoms in total. The summed E-state index contributed by atoms with van der Waals surface area (Å²) in [5, 5.41) is 0.236. The summed E-state index contributed by atoms with van der Waals surface area (Å²) >= 11 is 5.78. The van der Waals surface area contributed by atoms with E-state index in [4.69, 9.17) is 11.6 Å². The van der Waals surface area contributed by atoms with Gasteiger partial charge in [0.05, 0.1) is 13.1 Å². The van der Waals surface area contributed by atoms with E-state index >= 15 is 0 Å². The number of halogens is 2. The van der Waals surface area contributed by atoms with Crippen LogP contribution < -0.4 is 0 Å². The highest BCUT2D eigenvalue weighted by atomic mass is 35.5. The van der Waals surface area contributed by atoms with Gasteiger partial charge < -0.3 is 0 Å². The van der Waals surface area contributed by atoms with E-state index in [1.807, 2.05) is 6.07 Å². The van der Waals surface area contributed by atoms with Crippen molar-refractivity contribution in [2.45, 2.75) is 89.4 Å². The largest absolute Gasteiger partial charge is 0.205 e. The van der Waals surface area contributed by atoms with E-state index in [1.54, 1.807) is 30.3 Å². The van der Waals surface area contributed by atoms with Gasteiger partial charge in [-0.25, -0.2) is 4.39 Å². The Morgan fingerprint density at radius 3 is 2.31 bits per heavy atom. The number of rotatable bonds is 6. The van der Waals surface area contributed by atoms with Gasteiger partial charge in [-0.2, -0.15) is 0 Å². The molecule has 26 heavy (non-hydrogen) atoms. The molecular weight excluding hydrogens is 359 g/mol. The summed E-state index contributed by atoms with van der Waals surface area (Å²) in [6.45, 7) is 5.02. The van der Waals surface area contributed by atoms with E-state index in [0.717, 1.165) is 29.7 Å². The molecule has 0 atom stereocenters. The first kappa shape index (κ1) is 20.4. The fraction of sp³-hybridized carbons (Fsp3) is 0.739. The van der Waals surface area contributed by atoms with Crippen molar-refractivity contribution < 1.29 is 4.39 Å². The fourth-order valence-corrected chi connectivity index (χ4v) is 9.89. The summed E-state index contributed by atoms with van der Waals surface area (Å²) in [6.07, 6.45) is 12.3. The van der Waals surface area contributed by atoms with Gasteiger partial charge in [0.15, 0.2) is 0 Å². The van der Waals surface area contributed by atoms with E-state index in [-0.39, 0.29) is 10.8 Å². The van der Waals surface area contributed by atoms with Crippen LogP contribution >= 0.6 is 11.6 Å². The van der Waals surface area contributed by atoms with E-state index in [1.165, 1.54) is 51.4 Å². The Kier molecular flexibility index (Phi) is 7.24. The highest BCUT2D eigenvalue weighted by Crippen LogP contribution is 2.44. The Morgan fingerprint density at radius 2 is 1.69 bits per heavy atom. The second-order valence-corrected chi connectivity index (χ2v) is 15.0. The van der Waals surface area contributed by atoms with Crippen molar-refractivity contribution in [1.82, 2.24) is 0 Å². The van der Waals surface area contributed by atoms with E-state index < -0.39 is 8.07 Å². The van der Waals surface area contributed by atoms with Gasteiger partial charge in [0, 0.05) is 0 Å². The summed E-state index contributed by atoms with van der Waals surface area (Å²) in [7, 11) is -0.854. The van der Waals surface area contributed by atoms with Gasteiger partial charge in [0.1, 0.15) is 5.82 Å². The Labute approximate surface area is 165 Å². The summed E-state index contributed by atoms with van der Waals surface area (Å²) in [4.78, 5) is 0. The molecule has 3 rings (SSSR count). The molecule has 1 aromatic carbocycles. The van der Waals surface area contributed by atoms with Crippen LogP contribution in [0.2, 0.25) is 29.7 Å². The summed E-state index contributed by atoms with van der Waals surface area (Å²) < 4.78 is 13.6. The van der Waals surface area contributed by atoms with Gasteiger partial charge in [0.25, 0.3) is 0 Å². The number of benzene rings is 1. The maximum atomic E-state index is 13.6. The first-order valence-electron chi connectivity index (χ1n) is 10.9. The normalized spacial score (nSPS) is 32.5. The average molecular weight is 395 g/mol. The third-order valence-electron chi connectivity index (χ3n) is 7.47. The summed E-state index contributed by atoms with van der Waals surface area (Å²) in [5.41, 5.74) is 1.10. The molecule has 146 valence electrons. The molecular formula is C23H36ClFSi. The molecule has 0 radical (unpaired) electrons. The second-order valence-electron chi connectivity index (χ2n) is 9.47. The van der Waals surface area contributed by atoms with Crippen LogP contribution in [-0.2, 0) is 6.42 Å². The first-order valence-corrected chi connectivity index (χ1v) is 14.4. The Bertz CT molecular complexity index is 572. The van der Waals surface area contributed by atoms with Crippen LogP contribution in [0.15, 0.2) is 18.2 Å². The van der Waals surface area contributed by atoms with Crippen LogP contribution in [0.4, 0.5) is 4.39 Å². The third-order valence-corrected chi connectivity index (χ3v) is 12.5. The van der Waals surface area contributed by atoms with Crippen LogP contribution in [0.25, 0.3) is 0 Å². The van der Waals surface area contributed by atoms with E-state index in [9.17, 15) is 4.39 Å². The molecule has 1 aliphatic heterocycles. The zero-order valence-corrected chi connectivity index (χ0v) is 18.5. The van der Waals surface area contributed by atoms with Crippen molar-refractivity contribution in [2.24, 2.45) is 17.8 Å². The second kappa shape index (κ2) is 9.23. The molecule has 0 bridgehead atoms. The predicted octanol–water partition coefficient (Wildman–Crippen LogP) is 8.12. The lowest BCUT2D eigenvalue weighted by Crippen LogP contribution is -2.37. The average Bonchev–Trinajstić information content (AvgIpc) is 2.64. The molecule has 0 N–H and O–H groups in total. The molecule has 1 saturated carbocycles.